The number of likely N-dealkylation sites (tertiary alicyclic amines) is 1. The summed E-state index contributed by atoms with van der Waals surface area (Å²) in [5.41, 5.74) is 0. The zero-order chi connectivity index (χ0) is 15.9. The Kier molecular flexibility index (Phi) is 7.35. The van der Waals surface area contributed by atoms with Gasteiger partial charge in [-0.3, -0.25) is 4.90 Å². The number of hydrogen-bond donors (Lipinski definition) is 2. The van der Waals surface area contributed by atoms with Gasteiger partial charge in [0.15, 0.2) is 0 Å². The fourth-order valence-corrected chi connectivity index (χ4v) is 4.37. The zero-order valence-corrected chi connectivity index (χ0v) is 15.2. The van der Waals surface area contributed by atoms with E-state index in [0.717, 1.165) is 17.8 Å². The van der Waals surface area contributed by atoms with Crippen molar-refractivity contribution in [2.45, 2.75) is 64.6 Å². The van der Waals surface area contributed by atoms with Crippen molar-refractivity contribution in [1.29, 1.82) is 0 Å². The number of nitrogens with zero attached hydrogens (tertiary/aromatic N) is 1. The maximum atomic E-state index is 10.6. The molecule has 0 aliphatic carbocycles. The fraction of sp³-hybridized carbons (Fsp3) is 0.778. The molecule has 2 rings (SSSR count). The highest BCUT2D eigenvalue weighted by molar-refractivity contribution is 7.12. The van der Waals surface area contributed by atoms with Gasteiger partial charge >= 0.3 is 0 Å². The first-order valence-corrected chi connectivity index (χ1v) is 9.58. The Morgan fingerprint density at radius 3 is 2.45 bits per heavy atom. The van der Waals surface area contributed by atoms with E-state index in [1.54, 1.807) is 11.3 Å². The number of likely N-dealkylation sites (N-methyl/N-ethyl adjacent to an activating group) is 1. The summed E-state index contributed by atoms with van der Waals surface area (Å²) < 4.78 is 0. The number of aliphatic hydroxyl groups excluding tert-OH is 1. The van der Waals surface area contributed by atoms with Gasteiger partial charge in [-0.1, -0.05) is 26.7 Å². The average Bonchev–Trinajstić information content (AvgIpc) is 2.80. The van der Waals surface area contributed by atoms with Crippen molar-refractivity contribution in [3.05, 3.63) is 21.9 Å². The molecule has 126 valence electrons. The summed E-state index contributed by atoms with van der Waals surface area (Å²) in [6.07, 6.45) is 6.02. The standard InChI is InChI=1S/C18H32N2OS/c1-14(2)12-16(19-3)18(21)17-9-8-15(22-17)13-20-10-6-4-5-7-11-20/h8-9,14,16,18-19,21H,4-7,10-13H2,1-3H3. The number of nitrogens with one attached hydrogen (secondary N) is 1. The number of thiophene rings is 1. The second-order valence-electron chi connectivity index (χ2n) is 6.96. The maximum Gasteiger partial charge on any atom is 0.103 e. The third-order valence-electron chi connectivity index (χ3n) is 4.53. The van der Waals surface area contributed by atoms with E-state index in [-0.39, 0.29) is 6.04 Å². The molecule has 0 aromatic carbocycles. The van der Waals surface area contributed by atoms with Crippen LogP contribution in [0.1, 0.15) is 61.8 Å². The maximum absolute atomic E-state index is 10.6. The molecule has 3 nitrogen and oxygen atoms in total. The van der Waals surface area contributed by atoms with Gasteiger partial charge in [-0.05, 0) is 57.5 Å². The SMILES string of the molecule is CNC(CC(C)C)C(O)c1ccc(CN2CCCCCC2)s1. The lowest BCUT2D eigenvalue weighted by atomic mass is 9.98. The first-order valence-electron chi connectivity index (χ1n) is 8.76. The minimum atomic E-state index is -0.393. The predicted molar refractivity (Wildman–Crippen MR) is 95.3 cm³/mol. The van der Waals surface area contributed by atoms with E-state index in [1.807, 2.05) is 7.05 Å². The summed E-state index contributed by atoms with van der Waals surface area (Å²) in [4.78, 5) is 5.05. The third-order valence-corrected chi connectivity index (χ3v) is 5.67. The largest absolute Gasteiger partial charge is 0.386 e. The number of aliphatic hydroxyl groups is 1. The van der Waals surface area contributed by atoms with Crippen LogP contribution in [-0.4, -0.2) is 36.2 Å². The fourth-order valence-electron chi connectivity index (χ4n) is 3.26. The van der Waals surface area contributed by atoms with E-state index in [1.165, 1.54) is 43.6 Å². The summed E-state index contributed by atoms with van der Waals surface area (Å²) in [7, 11) is 1.95. The zero-order valence-electron chi connectivity index (χ0n) is 14.3. The molecular formula is C18H32N2OS. The monoisotopic (exact) mass is 324 g/mol. The molecule has 22 heavy (non-hydrogen) atoms. The van der Waals surface area contributed by atoms with Crippen molar-refractivity contribution in [3.63, 3.8) is 0 Å². The Morgan fingerprint density at radius 1 is 1.18 bits per heavy atom. The quantitative estimate of drug-likeness (QED) is 0.801. The summed E-state index contributed by atoms with van der Waals surface area (Å²) in [6.45, 7) is 7.91. The van der Waals surface area contributed by atoms with Gasteiger partial charge in [0.05, 0.1) is 0 Å². The Hall–Kier alpha value is -0.420. The van der Waals surface area contributed by atoms with Crippen LogP contribution in [0.4, 0.5) is 0 Å². The van der Waals surface area contributed by atoms with Gasteiger partial charge in [0.25, 0.3) is 0 Å². The molecule has 2 atom stereocenters. The van der Waals surface area contributed by atoms with Crippen molar-refractivity contribution in [3.8, 4) is 0 Å². The molecule has 1 saturated heterocycles. The lowest BCUT2D eigenvalue weighted by Crippen LogP contribution is -2.33. The lowest BCUT2D eigenvalue weighted by molar-refractivity contribution is 0.124. The van der Waals surface area contributed by atoms with E-state index in [9.17, 15) is 5.11 Å². The van der Waals surface area contributed by atoms with Crippen LogP contribution in [-0.2, 0) is 6.54 Å². The minimum Gasteiger partial charge on any atom is -0.386 e. The average molecular weight is 325 g/mol. The molecule has 1 aliphatic heterocycles. The predicted octanol–water partition coefficient (Wildman–Crippen LogP) is 3.79. The van der Waals surface area contributed by atoms with Crippen LogP contribution >= 0.6 is 11.3 Å². The van der Waals surface area contributed by atoms with Gasteiger partial charge in [-0.25, -0.2) is 0 Å². The second kappa shape index (κ2) is 9.02. The molecule has 2 heterocycles. The minimum absolute atomic E-state index is 0.143. The van der Waals surface area contributed by atoms with Crippen LogP contribution in [0.15, 0.2) is 12.1 Å². The molecule has 1 aliphatic rings. The first kappa shape index (κ1) is 17.9. The first-order chi connectivity index (χ1) is 10.6. The van der Waals surface area contributed by atoms with Crippen molar-refractivity contribution in [2.24, 2.45) is 5.92 Å². The Labute approximate surface area is 139 Å². The van der Waals surface area contributed by atoms with Gasteiger partial charge in [0, 0.05) is 22.3 Å². The van der Waals surface area contributed by atoms with Crippen molar-refractivity contribution >= 4 is 11.3 Å². The van der Waals surface area contributed by atoms with Gasteiger partial charge in [0.1, 0.15) is 6.10 Å². The number of rotatable bonds is 7. The molecule has 2 unspecified atom stereocenters. The van der Waals surface area contributed by atoms with E-state index in [0.29, 0.717) is 5.92 Å². The summed E-state index contributed by atoms with van der Waals surface area (Å²) in [5, 5.41) is 13.9. The van der Waals surface area contributed by atoms with Gasteiger partial charge in [0.2, 0.25) is 0 Å². The van der Waals surface area contributed by atoms with Crippen LogP contribution in [0.2, 0.25) is 0 Å². The Morgan fingerprint density at radius 2 is 1.86 bits per heavy atom. The van der Waals surface area contributed by atoms with Gasteiger partial charge in [-0.2, -0.15) is 0 Å². The van der Waals surface area contributed by atoms with E-state index >= 15 is 0 Å². The molecule has 2 N–H and O–H groups in total. The summed E-state index contributed by atoms with van der Waals surface area (Å²) in [5.74, 6) is 0.587. The van der Waals surface area contributed by atoms with Gasteiger partial charge < -0.3 is 10.4 Å². The van der Waals surface area contributed by atoms with Crippen LogP contribution < -0.4 is 5.32 Å². The van der Waals surface area contributed by atoms with Crippen LogP contribution in [0.3, 0.4) is 0 Å². The van der Waals surface area contributed by atoms with Crippen LogP contribution in [0.5, 0.6) is 0 Å². The highest BCUT2D eigenvalue weighted by Gasteiger charge is 2.22. The Balaban J connectivity index is 1.94. The smallest absolute Gasteiger partial charge is 0.103 e. The molecule has 0 saturated carbocycles. The van der Waals surface area contributed by atoms with Crippen molar-refractivity contribution < 1.29 is 5.11 Å². The topological polar surface area (TPSA) is 35.5 Å². The number of hydrogen-bond acceptors (Lipinski definition) is 4. The Bertz CT molecular complexity index is 424. The summed E-state index contributed by atoms with van der Waals surface area (Å²) in [6, 6.07) is 4.47. The van der Waals surface area contributed by atoms with Crippen molar-refractivity contribution in [1.82, 2.24) is 10.2 Å². The van der Waals surface area contributed by atoms with E-state index < -0.39 is 6.10 Å². The third kappa shape index (κ3) is 5.34. The molecule has 0 radical (unpaired) electrons. The lowest BCUT2D eigenvalue weighted by Gasteiger charge is -2.23. The van der Waals surface area contributed by atoms with Crippen LogP contribution in [0, 0.1) is 5.92 Å². The molecule has 4 heteroatoms. The molecule has 0 bridgehead atoms. The molecule has 1 aromatic rings. The summed E-state index contributed by atoms with van der Waals surface area (Å²) >= 11 is 1.78. The van der Waals surface area contributed by atoms with E-state index in [2.05, 4.69) is 36.2 Å². The second-order valence-corrected chi connectivity index (χ2v) is 8.16. The van der Waals surface area contributed by atoms with Crippen LogP contribution in [0.25, 0.3) is 0 Å². The molecule has 1 fully saturated rings. The molecule has 1 aromatic heterocycles. The highest BCUT2D eigenvalue weighted by atomic mass is 32.1. The van der Waals surface area contributed by atoms with Crippen molar-refractivity contribution in [2.75, 3.05) is 20.1 Å². The molecule has 0 spiro atoms. The molecule has 0 amide bonds. The van der Waals surface area contributed by atoms with Gasteiger partial charge in [-0.15, -0.1) is 11.3 Å². The normalized spacial score (nSPS) is 20.0. The van der Waals surface area contributed by atoms with E-state index in [4.69, 9.17) is 0 Å². The highest BCUT2D eigenvalue weighted by Crippen LogP contribution is 2.29. The molecular weight excluding hydrogens is 292 g/mol.